The summed E-state index contributed by atoms with van der Waals surface area (Å²) in [5.41, 5.74) is 1.85. The van der Waals surface area contributed by atoms with E-state index in [1.807, 2.05) is 25.1 Å². The fraction of sp³-hybridized carbons (Fsp3) is 0.125. The minimum absolute atomic E-state index is 0.0612. The minimum atomic E-state index is -0.986. The Morgan fingerprint density at radius 2 is 1.55 bits per heavy atom. The van der Waals surface area contributed by atoms with Gasteiger partial charge in [0, 0.05) is 0 Å². The van der Waals surface area contributed by atoms with Crippen LogP contribution >= 0.6 is 0 Å². The van der Waals surface area contributed by atoms with Crippen LogP contribution < -0.4 is 4.74 Å². The number of carbonyl (C=O) groups is 2. The van der Waals surface area contributed by atoms with Crippen molar-refractivity contribution in [1.82, 2.24) is 0 Å². The first-order valence-corrected chi connectivity index (χ1v) is 6.54. The number of nitrogens with zero attached hydrogens (tertiary/aromatic N) is 2. The van der Waals surface area contributed by atoms with Crippen LogP contribution in [-0.2, 0) is 11.3 Å². The monoisotopic (exact) mass is 298 g/mol. The van der Waals surface area contributed by atoms with Gasteiger partial charge >= 0.3 is 12.2 Å². The number of hydrogen-bond acceptors (Lipinski definition) is 4. The lowest BCUT2D eigenvalue weighted by molar-refractivity contribution is 0.148. The Balaban J connectivity index is 1.79. The van der Waals surface area contributed by atoms with Gasteiger partial charge in [0.2, 0.25) is 0 Å². The van der Waals surface area contributed by atoms with Crippen molar-refractivity contribution < 1.29 is 19.1 Å². The smallest absolute Gasteiger partial charge is 0.442 e. The Labute approximate surface area is 127 Å². The lowest BCUT2D eigenvalue weighted by atomic mass is 10.2. The molecule has 0 aromatic heterocycles. The molecule has 0 spiro atoms. The van der Waals surface area contributed by atoms with Gasteiger partial charge in [-0.05, 0) is 24.6 Å². The highest BCUT2D eigenvalue weighted by molar-refractivity contribution is 5.74. The number of hydrogen-bond donors (Lipinski definition) is 0. The molecule has 2 rings (SSSR count). The predicted octanol–water partition coefficient (Wildman–Crippen LogP) is 4.28. The zero-order valence-corrected chi connectivity index (χ0v) is 11.9. The third kappa shape index (κ3) is 5.16. The molecular formula is C16H14N2O4. The average Bonchev–Trinajstić information content (AvgIpc) is 2.54. The van der Waals surface area contributed by atoms with Crippen LogP contribution in [-0.4, -0.2) is 12.2 Å². The van der Waals surface area contributed by atoms with E-state index >= 15 is 0 Å². The molecule has 0 aliphatic heterocycles. The molecule has 0 unspecified atom stereocenters. The highest BCUT2D eigenvalue weighted by Gasteiger charge is 2.05. The van der Waals surface area contributed by atoms with Crippen LogP contribution in [0.15, 0.2) is 64.8 Å². The normalized spacial score (nSPS) is 10.4. The van der Waals surface area contributed by atoms with Gasteiger partial charge in [-0.2, -0.15) is 0 Å². The Bertz CT molecular complexity index is 666. The van der Waals surface area contributed by atoms with Crippen LogP contribution in [0.25, 0.3) is 0 Å². The second-order valence-corrected chi connectivity index (χ2v) is 4.42. The zero-order valence-electron chi connectivity index (χ0n) is 11.9. The molecule has 6 heteroatoms. The number of carbonyl (C=O) groups excluding carboxylic acids is 2. The van der Waals surface area contributed by atoms with Crippen LogP contribution in [0, 0.1) is 6.92 Å². The van der Waals surface area contributed by atoms with Gasteiger partial charge in [0.05, 0.1) is 0 Å². The van der Waals surface area contributed by atoms with Crippen molar-refractivity contribution in [2.24, 2.45) is 10.2 Å². The number of aryl methyl sites for hydroxylation is 1. The third-order valence-corrected chi connectivity index (χ3v) is 2.64. The molecule has 112 valence electrons. The first-order valence-electron chi connectivity index (χ1n) is 6.54. The SMILES string of the molecule is Cc1ccc(OC(=O)N=NC(=O)OCc2ccccc2)cc1. The maximum Gasteiger partial charge on any atom is 0.458 e. The van der Waals surface area contributed by atoms with Crippen molar-refractivity contribution in [2.75, 3.05) is 0 Å². The zero-order chi connectivity index (χ0) is 15.8. The highest BCUT2D eigenvalue weighted by atomic mass is 16.6. The molecule has 0 saturated carbocycles. The molecule has 0 bridgehead atoms. The predicted molar refractivity (Wildman–Crippen MR) is 78.7 cm³/mol. The molecular weight excluding hydrogens is 284 g/mol. The van der Waals surface area contributed by atoms with E-state index in [0.29, 0.717) is 5.75 Å². The number of azo groups is 1. The average molecular weight is 298 g/mol. The van der Waals surface area contributed by atoms with Crippen molar-refractivity contribution in [3.05, 3.63) is 65.7 Å². The van der Waals surface area contributed by atoms with E-state index in [1.165, 1.54) is 0 Å². The van der Waals surface area contributed by atoms with Crippen molar-refractivity contribution in [1.29, 1.82) is 0 Å². The van der Waals surface area contributed by atoms with E-state index < -0.39 is 12.2 Å². The summed E-state index contributed by atoms with van der Waals surface area (Å²) in [5, 5.41) is 6.29. The second kappa shape index (κ2) is 7.68. The minimum Gasteiger partial charge on any atom is -0.442 e. The molecule has 0 N–H and O–H groups in total. The van der Waals surface area contributed by atoms with E-state index in [1.54, 1.807) is 36.4 Å². The number of ether oxygens (including phenoxy) is 2. The molecule has 0 radical (unpaired) electrons. The van der Waals surface area contributed by atoms with Crippen LogP contribution in [0.3, 0.4) is 0 Å². The molecule has 2 aromatic rings. The van der Waals surface area contributed by atoms with Crippen molar-refractivity contribution in [3.8, 4) is 5.75 Å². The molecule has 2 amide bonds. The van der Waals surface area contributed by atoms with Gasteiger partial charge in [0.1, 0.15) is 12.4 Å². The van der Waals surface area contributed by atoms with Crippen molar-refractivity contribution in [2.45, 2.75) is 13.5 Å². The molecule has 0 heterocycles. The van der Waals surface area contributed by atoms with E-state index in [-0.39, 0.29) is 6.61 Å². The van der Waals surface area contributed by atoms with Crippen LogP contribution in [0.4, 0.5) is 9.59 Å². The van der Waals surface area contributed by atoms with Gasteiger partial charge in [-0.25, -0.2) is 9.59 Å². The van der Waals surface area contributed by atoms with Gasteiger partial charge in [0.15, 0.2) is 0 Å². The standard InChI is InChI=1S/C16H14N2O4/c1-12-7-9-14(10-8-12)22-16(20)18-17-15(19)21-11-13-5-3-2-4-6-13/h2-10H,11H2,1H3. The van der Waals surface area contributed by atoms with E-state index in [0.717, 1.165) is 11.1 Å². The molecule has 6 nitrogen and oxygen atoms in total. The molecule has 0 aliphatic rings. The van der Waals surface area contributed by atoms with Crippen LogP contribution in [0.2, 0.25) is 0 Å². The Morgan fingerprint density at radius 3 is 2.23 bits per heavy atom. The topological polar surface area (TPSA) is 77.3 Å². The van der Waals surface area contributed by atoms with Gasteiger partial charge in [-0.3, -0.25) is 0 Å². The molecule has 0 atom stereocenters. The van der Waals surface area contributed by atoms with E-state index in [2.05, 4.69) is 10.2 Å². The Hall–Kier alpha value is -3.02. The largest absolute Gasteiger partial charge is 0.458 e. The molecule has 0 fully saturated rings. The molecule has 0 saturated heterocycles. The maximum absolute atomic E-state index is 11.4. The summed E-state index contributed by atoms with van der Waals surface area (Å²) < 4.78 is 9.71. The van der Waals surface area contributed by atoms with E-state index in [9.17, 15) is 9.59 Å². The van der Waals surface area contributed by atoms with Crippen LogP contribution in [0.1, 0.15) is 11.1 Å². The maximum atomic E-state index is 11.4. The fourth-order valence-electron chi connectivity index (χ4n) is 1.56. The summed E-state index contributed by atoms with van der Waals surface area (Å²) in [5.74, 6) is 0.326. The summed E-state index contributed by atoms with van der Waals surface area (Å²) in [6.07, 6.45) is -1.94. The number of rotatable bonds is 3. The Morgan fingerprint density at radius 1 is 0.909 bits per heavy atom. The first kappa shape index (κ1) is 15.4. The van der Waals surface area contributed by atoms with E-state index in [4.69, 9.17) is 9.47 Å². The lowest BCUT2D eigenvalue weighted by Crippen LogP contribution is -2.04. The van der Waals surface area contributed by atoms with Crippen molar-refractivity contribution >= 4 is 12.2 Å². The summed E-state index contributed by atoms with van der Waals surface area (Å²) in [7, 11) is 0. The summed E-state index contributed by atoms with van der Waals surface area (Å²) in [6.45, 7) is 1.97. The number of amides is 2. The summed E-state index contributed by atoms with van der Waals surface area (Å²) in [6, 6.07) is 15.9. The summed E-state index contributed by atoms with van der Waals surface area (Å²) in [4.78, 5) is 22.7. The molecule has 2 aromatic carbocycles. The number of benzene rings is 2. The first-order chi connectivity index (χ1) is 10.6. The fourth-order valence-corrected chi connectivity index (χ4v) is 1.56. The Kier molecular flexibility index (Phi) is 5.37. The second-order valence-electron chi connectivity index (χ2n) is 4.42. The third-order valence-electron chi connectivity index (χ3n) is 2.64. The summed E-state index contributed by atoms with van der Waals surface area (Å²) >= 11 is 0. The van der Waals surface area contributed by atoms with Crippen molar-refractivity contribution in [3.63, 3.8) is 0 Å². The van der Waals surface area contributed by atoms with Gasteiger partial charge < -0.3 is 9.47 Å². The van der Waals surface area contributed by atoms with Gasteiger partial charge in [0.25, 0.3) is 0 Å². The highest BCUT2D eigenvalue weighted by Crippen LogP contribution is 2.12. The molecule has 22 heavy (non-hydrogen) atoms. The van der Waals surface area contributed by atoms with Gasteiger partial charge in [-0.15, -0.1) is 0 Å². The quantitative estimate of drug-likeness (QED) is 0.792. The lowest BCUT2D eigenvalue weighted by Gasteiger charge is -2.01. The molecule has 0 aliphatic carbocycles. The van der Waals surface area contributed by atoms with Crippen LogP contribution in [0.5, 0.6) is 5.75 Å². The van der Waals surface area contributed by atoms with Gasteiger partial charge in [-0.1, -0.05) is 58.3 Å².